The Morgan fingerprint density at radius 1 is 1.30 bits per heavy atom. The highest BCUT2D eigenvalue weighted by atomic mass is 15.3. The van der Waals surface area contributed by atoms with Gasteiger partial charge in [0.1, 0.15) is 0 Å². The summed E-state index contributed by atoms with van der Waals surface area (Å²) in [6.45, 7) is 6.75. The van der Waals surface area contributed by atoms with Gasteiger partial charge in [-0.05, 0) is 30.7 Å². The molecule has 1 heterocycles. The van der Waals surface area contributed by atoms with Crippen molar-refractivity contribution >= 4 is 0 Å². The van der Waals surface area contributed by atoms with Crippen molar-refractivity contribution in [3.8, 4) is 0 Å². The second-order valence-electron chi connectivity index (χ2n) is 6.66. The number of nitrogens with one attached hydrogen (secondary N) is 1. The van der Waals surface area contributed by atoms with Crippen LogP contribution in [0, 0.1) is 11.8 Å². The van der Waals surface area contributed by atoms with Crippen molar-refractivity contribution in [3.63, 3.8) is 0 Å². The van der Waals surface area contributed by atoms with Gasteiger partial charge in [-0.3, -0.25) is 16.0 Å². The molecule has 0 aliphatic heterocycles. The van der Waals surface area contributed by atoms with E-state index in [2.05, 4.69) is 43.1 Å². The maximum absolute atomic E-state index is 5.72. The maximum Gasteiger partial charge on any atom is 0.0640 e. The molecule has 3 N–H and O–H groups in total. The van der Waals surface area contributed by atoms with Gasteiger partial charge in [-0.25, -0.2) is 0 Å². The molecule has 2 atom stereocenters. The second kappa shape index (κ2) is 7.23. The molecule has 0 amide bonds. The van der Waals surface area contributed by atoms with Crippen molar-refractivity contribution in [2.75, 3.05) is 0 Å². The summed E-state index contributed by atoms with van der Waals surface area (Å²) in [4.78, 5) is 0. The molecule has 2 unspecified atom stereocenters. The third-order valence-corrected chi connectivity index (χ3v) is 4.94. The highest BCUT2D eigenvalue weighted by Crippen LogP contribution is 2.27. The molecule has 1 aromatic rings. The standard InChI is InChI=1S/C16H30N4/c1-12(2)13(3)16(18-17)11-14-9-10-20(19-14)15-7-5-4-6-8-15/h9-10,12-13,15-16,18H,4-8,11,17H2,1-3H3. The summed E-state index contributed by atoms with van der Waals surface area (Å²) in [5.41, 5.74) is 4.13. The van der Waals surface area contributed by atoms with Crippen LogP contribution in [0.3, 0.4) is 0 Å². The lowest BCUT2D eigenvalue weighted by Gasteiger charge is -2.26. The fraction of sp³-hybridized carbons (Fsp3) is 0.812. The predicted molar refractivity (Wildman–Crippen MR) is 83.2 cm³/mol. The van der Waals surface area contributed by atoms with E-state index < -0.39 is 0 Å². The van der Waals surface area contributed by atoms with E-state index in [1.807, 2.05) is 0 Å². The van der Waals surface area contributed by atoms with E-state index in [1.165, 1.54) is 32.1 Å². The minimum absolute atomic E-state index is 0.296. The highest BCUT2D eigenvalue weighted by molar-refractivity contribution is 5.03. The van der Waals surface area contributed by atoms with E-state index in [-0.39, 0.29) is 0 Å². The van der Waals surface area contributed by atoms with E-state index in [4.69, 9.17) is 10.9 Å². The van der Waals surface area contributed by atoms with Gasteiger partial charge in [0.2, 0.25) is 0 Å². The average Bonchev–Trinajstić information content (AvgIpc) is 2.93. The van der Waals surface area contributed by atoms with Crippen molar-refractivity contribution in [2.45, 2.75) is 71.4 Å². The Bertz CT molecular complexity index is 393. The number of rotatable bonds is 6. The van der Waals surface area contributed by atoms with Gasteiger partial charge in [0.15, 0.2) is 0 Å². The van der Waals surface area contributed by atoms with Gasteiger partial charge in [-0.15, -0.1) is 0 Å². The lowest BCUT2D eigenvalue weighted by atomic mass is 9.88. The zero-order chi connectivity index (χ0) is 14.5. The molecule has 0 bridgehead atoms. The lowest BCUT2D eigenvalue weighted by molar-refractivity contribution is 0.294. The van der Waals surface area contributed by atoms with Gasteiger partial charge >= 0.3 is 0 Å². The van der Waals surface area contributed by atoms with E-state index in [0.29, 0.717) is 23.9 Å². The monoisotopic (exact) mass is 278 g/mol. The first-order chi connectivity index (χ1) is 9.61. The van der Waals surface area contributed by atoms with Crippen LogP contribution in [-0.2, 0) is 6.42 Å². The molecule has 0 radical (unpaired) electrons. The SMILES string of the molecule is CC(C)C(C)C(Cc1ccn(C2CCCCC2)n1)NN. The van der Waals surface area contributed by atoms with Crippen LogP contribution in [0.2, 0.25) is 0 Å². The Kier molecular flexibility index (Phi) is 5.61. The summed E-state index contributed by atoms with van der Waals surface area (Å²) >= 11 is 0. The van der Waals surface area contributed by atoms with Gasteiger partial charge in [-0.2, -0.15) is 5.10 Å². The summed E-state index contributed by atoms with van der Waals surface area (Å²) in [6.07, 6.45) is 9.70. The topological polar surface area (TPSA) is 55.9 Å². The summed E-state index contributed by atoms with van der Waals surface area (Å²) in [7, 11) is 0. The van der Waals surface area contributed by atoms with Gasteiger partial charge in [-0.1, -0.05) is 40.0 Å². The molecule has 4 heteroatoms. The minimum atomic E-state index is 0.296. The molecule has 1 aromatic heterocycles. The number of hydrazine groups is 1. The molecule has 0 aromatic carbocycles. The summed E-state index contributed by atoms with van der Waals surface area (Å²) in [5, 5.41) is 4.78. The molecule has 1 fully saturated rings. The zero-order valence-corrected chi connectivity index (χ0v) is 13.2. The molecule has 20 heavy (non-hydrogen) atoms. The first-order valence-corrected chi connectivity index (χ1v) is 8.12. The summed E-state index contributed by atoms with van der Waals surface area (Å²) in [5.74, 6) is 6.89. The zero-order valence-electron chi connectivity index (χ0n) is 13.2. The number of aromatic nitrogens is 2. The Morgan fingerprint density at radius 2 is 2.00 bits per heavy atom. The molecule has 114 valence electrons. The predicted octanol–water partition coefficient (Wildman–Crippen LogP) is 3.05. The molecule has 0 saturated heterocycles. The molecule has 1 aliphatic rings. The largest absolute Gasteiger partial charge is 0.271 e. The van der Waals surface area contributed by atoms with Crippen LogP contribution in [-0.4, -0.2) is 15.8 Å². The first-order valence-electron chi connectivity index (χ1n) is 8.12. The van der Waals surface area contributed by atoms with Crippen LogP contribution >= 0.6 is 0 Å². The fourth-order valence-electron chi connectivity index (χ4n) is 3.12. The minimum Gasteiger partial charge on any atom is -0.271 e. The fourth-order valence-corrected chi connectivity index (χ4v) is 3.12. The van der Waals surface area contributed by atoms with Crippen LogP contribution in [0.1, 0.15) is 64.6 Å². The van der Waals surface area contributed by atoms with Crippen molar-refractivity contribution < 1.29 is 0 Å². The first kappa shape index (κ1) is 15.5. The van der Waals surface area contributed by atoms with Crippen molar-refractivity contribution in [1.29, 1.82) is 0 Å². The second-order valence-corrected chi connectivity index (χ2v) is 6.66. The smallest absolute Gasteiger partial charge is 0.0640 e. The van der Waals surface area contributed by atoms with Crippen LogP contribution < -0.4 is 11.3 Å². The van der Waals surface area contributed by atoms with E-state index in [9.17, 15) is 0 Å². The Labute approximate surface area is 123 Å². The Balaban J connectivity index is 1.97. The molecule has 0 spiro atoms. The number of hydrogen-bond donors (Lipinski definition) is 2. The van der Waals surface area contributed by atoms with Crippen LogP contribution in [0.4, 0.5) is 0 Å². The van der Waals surface area contributed by atoms with Crippen LogP contribution in [0.5, 0.6) is 0 Å². The molecule has 1 aliphatic carbocycles. The summed E-state index contributed by atoms with van der Waals surface area (Å²) in [6, 6.07) is 3.07. The van der Waals surface area contributed by atoms with Crippen LogP contribution in [0.15, 0.2) is 12.3 Å². The quantitative estimate of drug-likeness (QED) is 0.621. The molecular weight excluding hydrogens is 248 g/mol. The Morgan fingerprint density at radius 3 is 2.60 bits per heavy atom. The lowest BCUT2D eigenvalue weighted by Crippen LogP contribution is -2.43. The van der Waals surface area contributed by atoms with Crippen molar-refractivity contribution in [2.24, 2.45) is 17.7 Å². The average molecular weight is 278 g/mol. The molecular formula is C16H30N4. The van der Waals surface area contributed by atoms with Crippen LogP contribution in [0.25, 0.3) is 0 Å². The van der Waals surface area contributed by atoms with Crippen molar-refractivity contribution in [3.05, 3.63) is 18.0 Å². The van der Waals surface area contributed by atoms with Gasteiger partial charge in [0, 0.05) is 18.7 Å². The van der Waals surface area contributed by atoms with Gasteiger partial charge < -0.3 is 0 Å². The van der Waals surface area contributed by atoms with E-state index in [1.54, 1.807) is 0 Å². The normalized spacial score (nSPS) is 20.2. The van der Waals surface area contributed by atoms with Crippen molar-refractivity contribution in [1.82, 2.24) is 15.2 Å². The third kappa shape index (κ3) is 3.83. The maximum atomic E-state index is 5.72. The highest BCUT2D eigenvalue weighted by Gasteiger charge is 2.21. The number of nitrogens with two attached hydrogens (primary N) is 1. The Hall–Kier alpha value is -0.870. The third-order valence-electron chi connectivity index (χ3n) is 4.94. The molecule has 2 rings (SSSR count). The number of hydrogen-bond acceptors (Lipinski definition) is 3. The molecule has 4 nitrogen and oxygen atoms in total. The van der Waals surface area contributed by atoms with E-state index in [0.717, 1.165) is 12.1 Å². The summed E-state index contributed by atoms with van der Waals surface area (Å²) < 4.78 is 2.18. The van der Waals surface area contributed by atoms with Gasteiger partial charge in [0.05, 0.1) is 11.7 Å². The molecule has 1 saturated carbocycles. The number of nitrogens with zero attached hydrogens (tertiary/aromatic N) is 2. The van der Waals surface area contributed by atoms with E-state index >= 15 is 0 Å². The van der Waals surface area contributed by atoms with Gasteiger partial charge in [0.25, 0.3) is 0 Å².